The molecule has 0 saturated carbocycles. The SMILES string of the molecule is Cc1ccc(N(C)CC(O)CO)cc1[N+](=O)[O-]. The third-order valence-corrected chi connectivity index (χ3v) is 2.53. The Morgan fingerprint density at radius 2 is 2.18 bits per heavy atom. The lowest BCUT2D eigenvalue weighted by Crippen LogP contribution is -2.31. The van der Waals surface area contributed by atoms with Gasteiger partial charge in [-0.2, -0.15) is 0 Å². The van der Waals surface area contributed by atoms with Gasteiger partial charge in [0.15, 0.2) is 0 Å². The molecule has 0 aliphatic heterocycles. The fourth-order valence-electron chi connectivity index (χ4n) is 1.51. The summed E-state index contributed by atoms with van der Waals surface area (Å²) in [5, 5.41) is 28.8. The van der Waals surface area contributed by atoms with Gasteiger partial charge in [0.2, 0.25) is 0 Å². The number of nitrogens with zero attached hydrogens (tertiary/aromatic N) is 2. The number of aliphatic hydroxyl groups is 2. The first kappa shape index (κ1) is 13.4. The van der Waals surface area contributed by atoms with Crippen molar-refractivity contribution in [2.24, 2.45) is 0 Å². The van der Waals surface area contributed by atoms with Gasteiger partial charge in [0.05, 0.1) is 17.6 Å². The molecule has 0 bridgehead atoms. The highest BCUT2D eigenvalue weighted by atomic mass is 16.6. The largest absolute Gasteiger partial charge is 0.394 e. The summed E-state index contributed by atoms with van der Waals surface area (Å²) in [4.78, 5) is 12.0. The molecule has 1 unspecified atom stereocenters. The summed E-state index contributed by atoms with van der Waals surface area (Å²) < 4.78 is 0. The van der Waals surface area contributed by atoms with Crippen molar-refractivity contribution in [1.82, 2.24) is 0 Å². The highest BCUT2D eigenvalue weighted by molar-refractivity contribution is 5.56. The molecule has 0 aliphatic rings. The topological polar surface area (TPSA) is 86.8 Å². The second-order valence-corrected chi connectivity index (χ2v) is 3.94. The molecule has 0 amide bonds. The lowest BCUT2D eigenvalue weighted by molar-refractivity contribution is -0.385. The van der Waals surface area contributed by atoms with Crippen LogP contribution in [0.3, 0.4) is 0 Å². The second-order valence-electron chi connectivity index (χ2n) is 3.94. The number of hydrogen-bond acceptors (Lipinski definition) is 5. The Morgan fingerprint density at radius 1 is 1.53 bits per heavy atom. The molecular weight excluding hydrogens is 224 g/mol. The van der Waals surface area contributed by atoms with Crippen LogP contribution < -0.4 is 4.90 Å². The summed E-state index contributed by atoms with van der Waals surface area (Å²) in [5.74, 6) is 0. The zero-order valence-electron chi connectivity index (χ0n) is 9.83. The fraction of sp³-hybridized carbons (Fsp3) is 0.455. The van der Waals surface area contributed by atoms with Crippen molar-refractivity contribution < 1.29 is 15.1 Å². The first-order valence-electron chi connectivity index (χ1n) is 5.20. The van der Waals surface area contributed by atoms with E-state index in [1.165, 1.54) is 6.07 Å². The molecule has 0 heterocycles. The number of likely N-dealkylation sites (N-methyl/N-ethyl adjacent to an activating group) is 1. The van der Waals surface area contributed by atoms with Crippen LogP contribution >= 0.6 is 0 Å². The number of aryl methyl sites for hydroxylation is 1. The number of benzene rings is 1. The molecule has 0 saturated heterocycles. The van der Waals surface area contributed by atoms with Crippen molar-refractivity contribution in [3.8, 4) is 0 Å². The second kappa shape index (κ2) is 5.60. The summed E-state index contributed by atoms with van der Waals surface area (Å²) in [6.45, 7) is 1.56. The maximum Gasteiger partial charge on any atom is 0.274 e. The minimum absolute atomic E-state index is 0.0489. The van der Waals surface area contributed by atoms with Gasteiger partial charge in [-0.15, -0.1) is 0 Å². The Morgan fingerprint density at radius 3 is 2.71 bits per heavy atom. The van der Waals surface area contributed by atoms with Gasteiger partial charge < -0.3 is 15.1 Å². The monoisotopic (exact) mass is 240 g/mol. The highest BCUT2D eigenvalue weighted by Gasteiger charge is 2.14. The quantitative estimate of drug-likeness (QED) is 0.584. The van der Waals surface area contributed by atoms with Crippen molar-refractivity contribution in [3.63, 3.8) is 0 Å². The van der Waals surface area contributed by atoms with E-state index in [4.69, 9.17) is 5.11 Å². The predicted molar refractivity (Wildman–Crippen MR) is 64.2 cm³/mol. The molecule has 17 heavy (non-hydrogen) atoms. The first-order chi connectivity index (χ1) is 7.95. The normalized spacial score (nSPS) is 12.2. The van der Waals surface area contributed by atoms with Crippen LogP contribution in [0.15, 0.2) is 18.2 Å². The molecular formula is C11H16N2O4. The molecule has 0 radical (unpaired) electrons. The number of aliphatic hydroxyl groups excluding tert-OH is 2. The summed E-state index contributed by atoms with van der Waals surface area (Å²) >= 11 is 0. The molecule has 1 aromatic rings. The van der Waals surface area contributed by atoms with E-state index in [1.807, 2.05) is 0 Å². The number of hydrogen-bond donors (Lipinski definition) is 2. The standard InChI is InChI=1S/C11H16N2O4/c1-8-3-4-9(5-11(8)13(16)17)12(2)6-10(15)7-14/h3-5,10,14-15H,6-7H2,1-2H3. The van der Waals surface area contributed by atoms with E-state index in [9.17, 15) is 15.2 Å². The van der Waals surface area contributed by atoms with Gasteiger partial charge in [-0.05, 0) is 13.0 Å². The van der Waals surface area contributed by atoms with Crippen LogP contribution in [0.2, 0.25) is 0 Å². The van der Waals surface area contributed by atoms with E-state index in [1.54, 1.807) is 31.0 Å². The van der Waals surface area contributed by atoms with E-state index in [2.05, 4.69) is 0 Å². The Balaban J connectivity index is 2.91. The van der Waals surface area contributed by atoms with Gasteiger partial charge in [-0.1, -0.05) is 6.07 Å². The van der Waals surface area contributed by atoms with Crippen LogP contribution in [-0.2, 0) is 0 Å². The molecule has 6 heteroatoms. The average molecular weight is 240 g/mol. The van der Waals surface area contributed by atoms with Gasteiger partial charge in [0.1, 0.15) is 0 Å². The molecule has 2 N–H and O–H groups in total. The summed E-state index contributed by atoms with van der Waals surface area (Å²) in [6.07, 6.45) is -0.861. The van der Waals surface area contributed by atoms with Gasteiger partial charge in [-0.3, -0.25) is 10.1 Å². The van der Waals surface area contributed by atoms with Gasteiger partial charge >= 0.3 is 0 Å². The van der Waals surface area contributed by atoms with Crippen LogP contribution in [0.5, 0.6) is 0 Å². The number of anilines is 1. The van der Waals surface area contributed by atoms with E-state index in [0.29, 0.717) is 11.3 Å². The maximum absolute atomic E-state index is 10.8. The Labute approximate surface area is 99.3 Å². The van der Waals surface area contributed by atoms with Crippen molar-refractivity contribution in [2.45, 2.75) is 13.0 Å². The summed E-state index contributed by atoms with van der Waals surface area (Å²) in [7, 11) is 1.70. The van der Waals surface area contributed by atoms with Crippen LogP contribution in [0.1, 0.15) is 5.56 Å². The number of nitro benzene ring substituents is 1. The van der Waals surface area contributed by atoms with E-state index in [0.717, 1.165) is 0 Å². The number of rotatable bonds is 5. The predicted octanol–water partition coefficient (Wildman–Crippen LogP) is 0.693. The van der Waals surface area contributed by atoms with E-state index >= 15 is 0 Å². The van der Waals surface area contributed by atoms with Crippen molar-refractivity contribution in [2.75, 3.05) is 25.1 Å². The Hall–Kier alpha value is -1.66. The summed E-state index contributed by atoms with van der Waals surface area (Å²) in [6, 6.07) is 4.86. The molecule has 0 spiro atoms. The summed E-state index contributed by atoms with van der Waals surface area (Å²) in [5.41, 5.74) is 1.28. The van der Waals surface area contributed by atoms with Crippen LogP contribution in [-0.4, -0.2) is 41.4 Å². The van der Waals surface area contributed by atoms with Gasteiger partial charge in [0, 0.05) is 30.9 Å². The molecule has 94 valence electrons. The Bertz CT molecular complexity index is 408. The number of nitro groups is 1. The fourth-order valence-corrected chi connectivity index (χ4v) is 1.51. The third kappa shape index (κ3) is 3.40. The molecule has 1 aromatic carbocycles. The zero-order chi connectivity index (χ0) is 13.0. The minimum Gasteiger partial charge on any atom is -0.394 e. The average Bonchev–Trinajstić information content (AvgIpc) is 2.28. The van der Waals surface area contributed by atoms with Crippen molar-refractivity contribution >= 4 is 11.4 Å². The van der Waals surface area contributed by atoms with Gasteiger partial charge in [0.25, 0.3) is 5.69 Å². The highest BCUT2D eigenvalue weighted by Crippen LogP contribution is 2.24. The lowest BCUT2D eigenvalue weighted by Gasteiger charge is -2.21. The van der Waals surface area contributed by atoms with Crippen molar-refractivity contribution in [1.29, 1.82) is 0 Å². The third-order valence-electron chi connectivity index (χ3n) is 2.53. The van der Waals surface area contributed by atoms with Gasteiger partial charge in [-0.25, -0.2) is 0 Å². The molecule has 0 aromatic heterocycles. The molecule has 0 aliphatic carbocycles. The van der Waals surface area contributed by atoms with Crippen LogP contribution in [0.25, 0.3) is 0 Å². The first-order valence-corrected chi connectivity index (χ1v) is 5.20. The molecule has 6 nitrogen and oxygen atoms in total. The van der Waals surface area contributed by atoms with Crippen LogP contribution in [0.4, 0.5) is 11.4 Å². The molecule has 1 atom stereocenters. The molecule has 0 fully saturated rings. The Kier molecular flexibility index (Phi) is 4.42. The minimum atomic E-state index is -0.861. The van der Waals surface area contributed by atoms with E-state index < -0.39 is 11.0 Å². The van der Waals surface area contributed by atoms with Crippen molar-refractivity contribution in [3.05, 3.63) is 33.9 Å². The zero-order valence-corrected chi connectivity index (χ0v) is 9.83. The van der Waals surface area contributed by atoms with Crippen LogP contribution in [0, 0.1) is 17.0 Å². The lowest BCUT2D eigenvalue weighted by atomic mass is 10.1. The smallest absolute Gasteiger partial charge is 0.274 e. The molecule has 1 rings (SSSR count). The van der Waals surface area contributed by atoms with E-state index in [-0.39, 0.29) is 18.8 Å². The maximum atomic E-state index is 10.8.